The van der Waals surface area contributed by atoms with Crippen LogP contribution in [0.2, 0.25) is 0 Å². The van der Waals surface area contributed by atoms with E-state index in [1.165, 1.54) is 0 Å². The van der Waals surface area contributed by atoms with Gasteiger partial charge in [-0.05, 0) is 43.0 Å². The lowest BCUT2D eigenvalue weighted by Crippen LogP contribution is -2.35. The van der Waals surface area contributed by atoms with Crippen molar-refractivity contribution < 1.29 is 14.3 Å². The highest BCUT2D eigenvalue weighted by Crippen LogP contribution is 2.27. The second kappa shape index (κ2) is 8.03. The first-order chi connectivity index (χ1) is 10.6. The van der Waals surface area contributed by atoms with Crippen molar-refractivity contribution in [1.82, 2.24) is 4.90 Å². The van der Waals surface area contributed by atoms with Gasteiger partial charge in [0.15, 0.2) is 0 Å². The van der Waals surface area contributed by atoms with Crippen molar-refractivity contribution in [3.63, 3.8) is 0 Å². The molecule has 0 unspecified atom stereocenters. The van der Waals surface area contributed by atoms with Crippen LogP contribution >= 0.6 is 0 Å². The number of rotatable bonds is 7. The molecule has 122 valence electrons. The van der Waals surface area contributed by atoms with E-state index in [0.717, 1.165) is 30.8 Å². The number of nitrogens with zero attached hydrogens (tertiary/aromatic N) is 1. The molecule has 0 aliphatic heterocycles. The van der Waals surface area contributed by atoms with Crippen LogP contribution in [-0.4, -0.2) is 44.2 Å². The average Bonchev–Trinajstić information content (AvgIpc) is 2.93. The fourth-order valence-corrected chi connectivity index (χ4v) is 2.80. The molecule has 1 aromatic rings. The Hall–Kier alpha value is -1.75. The van der Waals surface area contributed by atoms with Gasteiger partial charge in [-0.15, -0.1) is 0 Å². The highest BCUT2D eigenvalue weighted by atomic mass is 16.5. The quantitative estimate of drug-likeness (QED) is 0.837. The summed E-state index contributed by atoms with van der Waals surface area (Å²) < 4.78 is 10.7. The zero-order chi connectivity index (χ0) is 15.9. The number of amides is 1. The van der Waals surface area contributed by atoms with Crippen molar-refractivity contribution in [1.29, 1.82) is 0 Å². The third-order valence-corrected chi connectivity index (χ3v) is 4.34. The predicted octanol–water partition coefficient (Wildman–Crippen LogP) is 2.05. The Labute approximate surface area is 132 Å². The zero-order valence-electron chi connectivity index (χ0n) is 13.5. The predicted molar refractivity (Wildman–Crippen MR) is 86.1 cm³/mol. The van der Waals surface area contributed by atoms with Gasteiger partial charge < -0.3 is 20.1 Å². The number of benzene rings is 1. The fourth-order valence-electron chi connectivity index (χ4n) is 2.80. The number of nitrogens with two attached hydrogens (primary N) is 1. The van der Waals surface area contributed by atoms with E-state index in [1.54, 1.807) is 12.0 Å². The number of likely N-dealkylation sites (N-methyl/N-ethyl adjacent to an activating group) is 1. The summed E-state index contributed by atoms with van der Waals surface area (Å²) in [6, 6.07) is 7.61. The van der Waals surface area contributed by atoms with Crippen LogP contribution in [0, 0.1) is 5.92 Å². The highest BCUT2D eigenvalue weighted by Gasteiger charge is 2.27. The minimum absolute atomic E-state index is 0.153. The van der Waals surface area contributed by atoms with Crippen molar-refractivity contribution in [3.8, 4) is 11.5 Å². The molecule has 1 aliphatic rings. The maximum Gasteiger partial charge on any atom is 0.222 e. The molecule has 5 heteroatoms. The molecule has 0 bridgehead atoms. The smallest absolute Gasteiger partial charge is 0.222 e. The van der Waals surface area contributed by atoms with E-state index in [9.17, 15) is 4.79 Å². The minimum atomic E-state index is 0.153. The number of hydrogen-bond donors (Lipinski definition) is 1. The van der Waals surface area contributed by atoms with E-state index in [0.29, 0.717) is 25.5 Å². The second-order valence-electron chi connectivity index (χ2n) is 5.90. The van der Waals surface area contributed by atoms with Crippen LogP contribution in [0.3, 0.4) is 0 Å². The van der Waals surface area contributed by atoms with E-state index in [2.05, 4.69) is 0 Å². The van der Waals surface area contributed by atoms with Crippen LogP contribution in [0.15, 0.2) is 24.3 Å². The van der Waals surface area contributed by atoms with Crippen LogP contribution < -0.4 is 15.2 Å². The van der Waals surface area contributed by atoms with Crippen LogP contribution in [0.4, 0.5) is 0 Å². The van der Waals surface area contributed by atoms with Crippen molar-refractivity contribution >= 4 is 5.91 Å². The normalized spacial score (nSPS) is 20.7. The summed E-state index contributed by atoms with van der Waals surface area (Å²) in [5.74, 6) is 2.07. The molecule has 1 amide bonds. The summed E-state index contributed by atoms with van der Waals surface area (Å²) in [4.78, 5) is 13.9. The Kier molecular flexibility index (Phi) is 6.07. The second-order valence-corrected chi connectivity index (χ2v) is 5.90. The summed E-state index contributed by atoms with van der Waals surface area (Å²) in [5, 5.41) is 0. The Morgan fingerprint density at radius 3 is 2.55 bits per heavy atom. The lowest BCUT2D eigenvalue weighted by atomic mass is 9.99. The minimum Gasteiger partial charge on any atom is -0.497 e. The Balaban J connectivity index is 1.70. The maximum atomic E-state index is 12.2. The van der Waals surface area contributed by atoms with Crippen molar-refractivity contribution in [2.24, 2.45) is 11.7 Å². The Morgan fingerprint density at radius 2 is 1.95 bits per heavy atom. The molecule has 0 heterocycles. The van der Waals surface area contributed by atoms with Crippen molar-refractivity contribution in [3.05, 3.63) is 24.3 Å². The molecular formula is C17H26N2O3. The van der Waals surface area contributed by atoms with Crippen molar-refractivity contribution in [2.45, 2.75) is 31.7 Å². The molecular weight excluding hydrogens is 280 g/mol. The molecule has 22 heavy (non-hydrogen) atoms. The number of methoxy groups -OCH3 is 1. The first kappa shape index (κ1) is 16.6. The standard InChI is InChI=1S/C17H26N2O3/c1-19(17(20)12-13-4-3-5-16(13)18)10-11-22-15-8-6-14(21-2)7-9-15/h6-9,13,16H,3-5,10-12,18H2,1-2H3/t13-,16+/m0/s1. The van der Waals surface area contributed by atoms with Gasteiger partial charge in [-0.2, -0.15) is 0 Å². The maximum absolute atomic E-state index is 12.2. The zero-order valence-corrected chi connectivity index (χ0v) is 13.5. The van der Waals surface area contributed by atoms with E-state index >= 15 is 0 Å². The fraction of sp³-hybridized carbons (Fsp3) is 0.588. The first-order valence-corrected chi connectivity index (χ1v) is 7.86. The van der Waals surface area contributed by atoms with E-state index < -0.39 is 0 Å². The summed E-state index contributed by atoms with van der Waals surface area (Å²) in [7, 11) is 3.45. The molecule has 0 aromatic heterocycles. The summed E-state index contributed by atoms with van der Waals surface area (Å²) in [6.45, 7) is 1.05. The van der Waals surface area contributed by atoms with E-state index in [4.69, 9.17) is 15.2 Å². The molecule has 0 spiro atoms. The Bertz CT molecular complexity index is 475. The lowest BCUT2D eigenvalue weighted by Gasteiger charge is -2.21. The van der Waals surface area contributed by atoms with Gasteiger partial charge in [-0.1, -0.05) is 6.42 Å². The average molecular weight is 306 g/mol. The summed E-state index contributed by atoms with van der Waals surface area (Å²) in [6.07, 6.45) is 3.81. The van der Waals surface area contributed by atoms with Gasteiger partial charge in [0.05, 0.1) is 13.7 Å². The lowest BCUT2D eigenvalue weighted by molar-refractivity contribution is -0.131. The molecule has 2 N–H and O–H groups in total. The van der Waals surface area contributed by atoms with Gasteiger partial charge >= 0.3 is 0 Å². The van der Waals surface area contributed by atoms with Crippen molar-refractivity contribution in [2.75, 3.05) is 27.3 Å². The largest absolute Gasteiger partial charge is 0.497 e. The van der Waals surface area contributed by atoms with Gasteiger partial charge in [0.25, 0.3) is 0 Å². The molecule has 2 atom stereocenters. The van der Waals surface area contributed by atoms with E-state index in [1.807, 2.05) is 31.3 Å². The molecule has 1 saturated carbocycles. The summed E-state index contributed by atoms with van der Waals surface area (Å²) in [5.41, 5.74) is 6.02. The SMILES string of the molecule is COc1ccc(OCCN(C)C(=O)C[C@@H]2CCC[C@H]2N)cc1. The third-order valence-electron chi connectivity index (χ3n) is 4.34. The van der Waals surface area contributed by atoms with Crippen LogP contribution in [0.1, 0.15) is 25.7 Å². The Morgan fingerprint density at radius 1 is 1.27 bits per heavy atom. The van der Waals surface area contributed by atoms with Crippen LogP contribution in [-0.2, 0) is 4.79 Å². The number of hydrogen-bond acceptors (Lipinski definition) is 4. The molecule has 2 rings (SSSR count). The van der Waals surface area contributed by atoms with Gasteiger partial charge in [-0.25, -0.2) is 0 Å². The molecule has 5 nitrogen and oxygen atoms in total. The molecule has 0 saturated heterocycles. The topological polar surface area (TPSA) is 64.8 Å². The van der Waals surface area contributed by atoms with Crippen LogP contribution in [0.25, 0.3) is 0 Å². The monoisotopic (exact) mass is 306 g/mol. The third kappa shape index (κ3) is 4.63. The van der Waals surface area contributed by atoms with Gasteiger partial charge in [0.2, 0.25) is 5.91 Å². The molecule has 1 aromatic carbocycles. The molecule has 1 aliphatic carbocycles. The van der Waals surface area contributed by atoms with Crippen LogP contribution in [0.5, 0.6) is 11.5 Å². The number of carbonyl (C=O) groups excluding carboxylic acids is 1. The highest BCUT2D eigenvalue weighted by molar-refractivity contribution is 5.76. The molecule has 0 radical (unpaired) electrons. The first-order valence-electron chi connectivity index (χ1n) is 7.86. The number of ether oxygens (including phenoxy) is 2. The number of carbonyl (C=O) groups is 1. The van der Waals surface area contributed by atoms with Gasteiger partial charge in [0, 0.05) is 19.5 Å². The summed E-state index contributed by atoms with van der Waals surface area (Å²) >= 11 is 0. The van der Waals surface area contributed by atoms with Gasteiger partial charge in [-0.3, -0.25) is 4.79 Å². The molecule has 1 fully saturated rings. The van der Waals surface area contributed by atoms with Gasteiger partial charge in [0.1, 0.15) is 18.1 Å². The van der Waals surface area contributed by atoms with E-state index in [-0.39, 0.29) is 11.9 Å².